The van der Waals surface area contributed by atoms with Crippen LogP contribution in [0.4, 0.5) is 4.39 Å². The Labute approximate surface area is 124 Å². The number of halogens is 1. The number of fused-ring (bicyclic) bond motifs is 1. The van der Waals surface area contributed by atoms with E-state index in [0.717, 1.165) is 38.1 Å². The van der Waals surface area contributed by atoms with Gasteiger partial charge in [-0.05, 0) is 30.5 Å². The van der Waals surface area contributed by atoms with E-state index in [2.05, 4.69) is 10.2 Å². The molecule has 3 atom stereocenters. The molecule has 3 rings (SSSR count). The van der Waals surface area contributed by atoms with Crippen molar-refractivity contribution in [2.75, 3.05) is 20.2 Å². The minimum absolute atomic E-state index is 0.0326. The first-order valence-electron chi connectivity index (χ1n) is 7.49. The first kappa shape index (κ1) is 14.5. The third kappa shape index (κ3) is 3.09. The Hall–Kier alpha value is -1.46. The lowest BCUT2D eigenvalue weighted by molar-refractivity contribution is -0.129. The van der Waals surface area contributed by atoms with E-state index < -0.39 is 0 Å². The van der Waals surface area contributed by atoms with Crippen molar-refractivity contribution in [2.24, 2.45) is 5.92 Å². The number of hydrogen-bond donors (Lipinski definition) is 1. The van der Waals surface area contributed by atoms with Gasteiger partial charge >= 0.3 is 0 Å². The summed E-state index contributed by atoms with van der Waals surface area (Å²) in [4.78, 5) is 14.3. The summed E-state index contributed by atoms with van der Waals surface area (Å²) in [6.45, 7) is 2.23. The minimum atomic E-state index is -0.220. The van der Waals surface area contributed by atoms with Gasteiger partial charge in [-0.2, -0.15) is 0 Å². The number of ether oxygens (including phenoxy) is 1. The highest BCUT2D eigenvalue weighted by Crippen LogP contribution is 2.32. The first-order valence-corrected chi connectivity index (χ1v) is 7.49. The van der Waals surface area contributed by atoms with Gasteiger partial charge in [-0.1, -0.05) is 12.1 Å². The van der Waals surface area contributed by atoms with Gasteiger partial charge in [0.1, 0.15) is 5.82 Å². The van der Waals surface area contributed by atoms with Gasteiger partial charge in [0.15, 0.2) is 0 Å². The molecule has 2 aliphatic heterocycles. The molecule has 2 fully saturated rings. The number of nitrogens with one attached hydrogen (secondary N) is 1. The van der Waals surface area contributed by atoms with Gasteiger partial charge in [-0.25, -0.2) is 4.39 Å². The normalized spacial score (nSPS) is 29.1. The zero-order valence-corrected chi connectivity index (χ0v) is 12.2. The molecule has 0 saturated carbocycles. The summed E-state index contributed by atoms with van der Waals surface area (Å²) < 4.78 is 18.8. The minimum Gasteiger partial charge on any atom is -0.377 e. The van der Waals surface area contributed by atoms with E-state index in [0.29, 0.717) is 6.04 Å². The van der Waals surface area contributed by atoms with Crippen molar-refractivity contribution >= 4 is 5.91 Å². The topological polar surface area (TPSA) is 41.6 Å². The predicted molar refractivity (Wildman–Crippen MR) is 77.1 cm³/mol. The van der Waals surface area contributed by atoms with Crippen LogP contribution in [0.15, 0.2) is 24.3 Å². The molecule has 2 aliphatic rings. The van der Waals surface area contributed by atoms with Gasteiger partial charge in [0.25, 0.3) is 0 Å². The van der Waals surface area contributed by atoms with Gasteiger partial charge in [0.2, 0.25) is 5.91 Å². The highest BCUT2D eigenvalue weighted by atomic mass is 19.1. The number of rotatable bonds is 3. The van der Waals surface area contributed by atoms with E-state index in [-0.39, 0.29) is 23.7 Å². The fourth-order valence-corrected chi connectivity index (χ4v) is 3.45. The Morgan fingerprint density at radius 1 is 1.43 bits per heavy atom. The second kappa shape index (κ2) is 6.12. The summed E-state index contributed by atoms with van der Waals surface area (Å²) in [5.74, 6) is -0.175. The number of amides is 1. The quantitative estimate of drug-likeness (QED) is 0.919. The van der Waals surface area contributed by atoms with E-state index in [1.807, 2.05) is 12.1 Å². The molecule has 1 N–H and O–H groups in total. The molecule has 0 spiro atoms. The van der Waals surface area contributed by atoms with Crippen molar-refractivity contribution in [3.63, 3.8) is 0 Å². The molecular formula is C16H21FN2O2. The Bertz CT molecular complexity index is 506. The molecule has 0 aliphatic carbocycles. The predicted octanol–water partition coefficient (Wildman–Crippen LogP) is 1.55. The SMILES string of the molecule is CNC(=O)[C@H]1C[C@H]2OCC[C@H]2N(Cc2ccc(F)cc2)C1. The largest absolute Gasteiger partial charge is 0.377 e. The zero-order valence-electron chi connectivity index (χ0n) is 12.2. The molecule has 1 aromatic carbocycles. The van der Waals surface area contributed by atoms with Crippen molar-refractivity contribution in [1.29, 1.82) is 0 Å². The molecule has 2 saturated heterocycles. The van der Waals surface area contributed by atoms with Crippen LogP contribution in [0.1, 0.15) is 18.4 Å². The summed E-state index contributed by atoms with van der Waals surface area (Å²) in [6, 6.07) is 6.96. The van der Waals surface area contributed by atoms with Crippen LogP contribution in [0.3, 0.4) is 0 Å². The lowest BCUT2D eigenvalue weighted by Crippen LogP contribution is -2.52. The molecule has 114 valence electrons. The van der Waals surface area contributed by atoms with Gasteiger partial charge in [-0.3, -0.25) is 9.69 Å². The van der Waals surface area contributed by atoms with E-state index in [1.54, 1.807) is 7.05 Å². The average Bonchev–Trinajstić information content (AvgIpc) is 2.97. The summed E-state index contributed by atoms with van der Waals surface area (Å²) in [5.41, 5.74) is 1.07. The lowest BCUT2D eigenvalue weighted by atomic mass is 9.89. The molecule has 4 nitrogen and oxygen atoms in total. The van der Waals surface area contributed by atoms with Crippen LogP contribution in [-0.2, 0) is 16.1 Å². The molecular weight excluding hydrogens is 271 g/mol. The molecule has 0 unspecified atom stereocenters. The Balaban J connectivity index is 1.74. The Kier molecular flexibility index (Phi) is 4.22. The van der Waals surface area contributed by atoms with Crippen molar-refractivity contribution < 1.29 is 13.9 Å². The average molecular weight is 292 g/mol. The van der Waals surface area contributed by atoms with Crippen molar-refractivity contribution in [3.8, 4) is 0 Å². The molecule has 5 heteroatoms. The van der Waals surface area contributed by atoms with Gasteiger partial charge in [-0.15, -0.1) is 0 Å². The Morgan fingerprint density at radius 2 is 2.19 bits per heavy atom. The highest BCUT2D eigenvalue weighted by Gasteiger charge is 2.41. The number of piperidine rings is 1. The first-order chi connectivity index (χ1) is 10.2. The Morgan fingerprint density at radius 3 is 2.90 bits per heavy atom. The monoisotopic (exact) mass is 292 g/mol. The molecule has 0 radical (unpaired) electrons. The van der Waals surface area contributed by atoms with Gasteiger partial charge in [0.05, 0.1) is 12.0 Å². The summed E-state index contributed by atoms with van der Waals surface area (Å²) >= 11 is 0. The van der Waals surface area contributed by atoms with Crippen LogP contribution in [0.5, 0.6) is 0 Å². The van der Waals surface area contributed by atoms with E-state index in [1.165, 1.54) is 12.1 Å². The van der Waals surface area contributed by atoms with Crippen molar-refractivity contribution in [3.05, 3.63) is 35.6 Å². The number of carbonyl (C=O) groups is 1. The van der Waals surface area contributed by atoms with E-state index in [4.69, 9.17) is 4.74 Å². The van der Waals surface area contributed by atoms with E-state index in [9.17, 15) is 9.18 Å². The molecule has 1 aromatic rings. The van der Waals surface area contributed by atoms with Crippen LogP contribution in [0.2, 0.25) is 0 Å². The second-order valence-corrected chi connectivity index (χ2v) is 5.87. The molecule has 0 bridgehead atoms. The fraction of sp³-hybridized carbons (Fsp3) is 0.562. The number of carbonyl (C=O) groups excluding carboxylic acids is 1. The fourth-order valence-electron chi connectivity index (χ4n) is 3.45. The third-order valence-corrected chi connectivity index (χ3v) is 4.53. The van der Waals surface area contributed by atoms with Crippen molar-refractivity contribution in [2.45, 2.75) is 31.5 Å². The van der Waals surface area contributed by atoms with Crippen LogP contribution >= 0.6 is 0 Å². The summed E-state index contributed by atoms with van der Waals surface area (Å²) in [5, 5.41) is 2.74. The molecule has 0 aromatic heterocycles. The zero-order chi connectivity index (χ0) is 14.8. The number of likely N-dealkylation sites (tertiary alicyclic amines) is 1. The van der Waals surface area contributed by atoms with Crippen LogP contribution in [-0.4, -0.2) is 43.2 Å². The lowest BCUT2D eigenvalue weighted by Gasteiger charge is -2.40. The highest BCUT2D eigenvalue weighted by molar-refractivity contribution is 5.78. The third-order valence-electron chi connectivity index (χ3n) is 4.53. The number of hydrogen-bond acceptors (Lipinski definition) is 3. The second-order valence-electron chi connectivity index (χ2n) is 5.87. The molecule has 1 amide bonds. The maximum absolute atomic E-state index is 13.0. The van der Waals surface area contributed by atoms with Crippen LogP contribution < -0.4 is 5.32 Å². The summed E-state index contributed by atoms with van der Waals surface area (Å²) in [7, 11) is 1.67. The van der Waals surface area contributed by atoms with Crippen LogP contribution in [0.25, 0.3) is 0 Å². The van der Waals surface area contributed by atoms with Gasteiger partial charge < -0.3 is 10.1 Å². The van der Waals surface area contributed by atoms with Gasteiger partial charge in [0, 0.05) is 32.8 Å². The number of nitrogens with zero attached hydrogens (tertiary/aromatic N) is 1. The van der Waals surface area contributed by atoms with Crippen molar-refractivity contribution in [1.82, 2.24) is 10.2 Å². The van der Waals surface area contributed by atoms with E-state index >= 15 is 0 Å². The molecule has 2 heterocycles. The molecule has 21 heavy (non-hydrogen) atoms. The number of benzene rings is 1. The maximum atomic E-state index is 13.0. The smallest absolute Gasteiger partial charge is 0.224 e. The summed E-state index contributed by atoms with van der Waals surface area (Å²) in [6.07, 6.45) is 1.94. The maximum Gasteiger partial charge on any atom is 0.224 e. The standard InChI is InChI=1S/C16H21FN2O2/c1-18-16(20)12-8-15-14(6-7-21-15)19(10-12)9-11-2-4-13(17)5-3-11/h2-5,12,14-15H,6-10H2,1H3,(H,18,20)/t12-,14+,15+/m0/s1. The van der Waals surface area contributed by atoms with Crippen LogP contribution in [0, 0.1) is 11.7 Å².